The van der Waals surface area contributed by atoms with Crippen LogP contribution >= 0.6 is 0 Å². The Kier molecular flexibility index (Phi) is 4.41. The molecule has 0 amide bonds. The maximum absolute atomic E-state index is 6.36. The molecule has 1 saturated heterocycles. The molecule has 0 aliphatic carbocycles. The van der Waals surface area contributed by atoms with Gasteiger partial charge in [-0.25, -0.2) is 0 Å². The van der Waals surface area contributed by atoms with Gasteiger partial charge in [-0.2, -0.15) is 0 Å². The third kappa shape index (κ3) is 3.12. The van der Waals surface area contributed by atoms with Crippen LogP contribution < -0.4 is 5.73 Å². The summed E-state index contributed by atoms with van der Waals surface area (Å²) in [4.78, 5) is 2.57. The standard InChI is InChI=1S/C16H26N2/c1-12-9-18(10-13(12)2)11-14(3)16(17)15-7-5-4-6-8-15/h4-8,12-14,16H,9-11,17H2,1-3H3. The van der Waals surface area contributed by atoms with Crippen LogP contribution in [-0.4, -0.2) is 24.5 Å². The highest BCUT2D eigenvalue weighted by Crippen LogP contribution is 2.26. The third-order valence-electron chi connectivity index (χ3n) is 4.41. The summed E-state index contributed by atoms with van der Waals surface area (Å²) >= 11 is 0. The van der Waals surface area contributed by atoms with Crippen LogP contribution in [0.3, 0.4) is 0 Å². The molecule has 4 unspecified atom stereocenters. The zero-order valence-electron chi connectivity index (χ0n) is 11.8. The fourth-order valence-electron chi connectivity index (χ4n) is 2.92. The summed E-state index contributed by atoms with van der Waals surface area (Å²) in [6.07, 6.45) is 0. The molecule has 1 aliphatic rings. The monoisotopic (exact) mass is 246 g/mol. The average molecular weight is 246 g/mol. The van der Waals surface area contributed by atoms with Gasteiger partial charge in [-0.15, -0.1) is 0 Å². The summed E-state index contributed by atoms with van der Waals surface area (Å²) in [5.41, 5.74) is 7.61. The van der Waals surface area contributed by atoms with Gasteiger partial charge in [0.2, 0.25) is 0 Å². The quantitative estimate of drug-likeness (QED) is 0.885. The Hall–Kier alpha value is -0.860. The smallest absolute Gasteiger partial charge is 0.0333 e. The SMILES string of the molecule is CC1CN(CC(C)C(N)c2ccccc2)CC1C. The van der Waals surface area contributed by atoms with E-state index >= 15 is 0 Å². The van der Waals surface area contributed by atoms with Gasteiger partial charge in [-0.3, -0.25) is 0 Å². The van der Waals surface area contributed by atoms with Crippen molar-refractivity contribution in [1.82, 2.24) is 4.90 Å². The second kappa shape index (κ2) is 5.85. The predicted octanol–water partition coefficient (Wildman–Crippen LogP) is 2.91. The number of hydrogen-bond donors (Lipinski definition) is 1. The van der Waals surface area contributed by atoms with Crippen molar-refractivity contribution in [2.45, 2.75) is 26.8 Å². The molecule has 4 atom stereocenters. The van der Waals surface area contributed by atoms with Gasteiger partial charge in [0.15, 0.2) is 0 Å². The molecule has 2 heteroatoms. The van der Waals surface area contributed by atoms with E-state index in [1.807, 2.05) is 6.07 Å². The Morgan fingerprint density at radius 2 is 1.72 bits per heavy atom. The van der Waals surface area contributed by atoms with E-state index in [2.05, 4.69) is 49.9 Å². The maximum Gasteiger partial charge on any atom is 0.0333 e. The number of likely N-dealkylation sites (tertiary alicyclic amines) is 1. The first-order chi connectivity index (χ1) is 8.58. The molecule has 0 radical (unpaired) electrons. The minimum absolute atomic E-state index is 0.150. The minimum Gasteiger partial charge on any atom is -0.324 e. The Morgan fingerprint density at radius 3 is 2.28 bits per heavy atom. The lowest BCUT2D eigenvalue weighted by molar-refractivity contribution is 0.256. The van der Waals surface area contributed by atoms with Crippen LogP contribution in [-0.2, 0) is 0 Å². The van der Waals surface area contributed by atoms with Crippen LogP contribution in [0, 0.1) is 17.8 Å². The average Bonchev–Trinajstić information content (AvgIpc) is 2.68. The van der Waals surface area contributed by atoms with Gasteiger partial charge in [0, 0.05) is 25.7 Å². The summed E-state index contributed by atoms with van der Waals surface area (Å²) in [5, 5.41) is 0. The molecule has 2 rings (SSSR count). The lowest BCUT2D eigenvalue weighted by Crippen LogP contribution is -2.32. The van der Waals surface area contributed by atoms with E-state index in [1.165, 1.54) is 18.7 Å². The van der Waals surface area contributed by atoms with Crippen molar-refractivity contribution in [2.24, 2.45) is 23.5 Å². The number of nitrogens with zero attached hydrogens (tertiary/aromatic N) is 1. The molecule has 1 heterocycles. The summed E-state index contributed by atoms with van der Waals surface area (Å²) in [5.74, 6) is 2.15. The third-order valence-corrected chi connectivity index (χ3v) is 4.41. The fourth-order valence-corrected chi connectivity index (χ4v) is 2.92. The van der Waals surface area contributed by atoms with Crippen LogP contribution in [0.25, 0.3) is 0 Å². The van der Waals surface area contributed by atoms with E-state index in [9.17, 15) is 0 Å². The van der Waals surface area contributed by atoms with Gasteiger partial charge in [-0.1, -0.05) is 51.1 Å². The van der Waals surface area contributed by atoms with Gasteiger partial charge >= 0.3 is 0 Å². The lowest BCUT2D eigenvalue weighted by Gasteiger charge is -2.25. The number of benzene rings is 1. The molecule has 18 heavy (non-hydrogen) atoms. The van der Waals surface area contributed by atoms with Crippen LogP contribution in [0.15, 0.2) is 30.3 Å². The van der Waals surface area contributed by atoms with Crippen LogP contribution in [0.1, 0.15) is 32.4 Å². The predicted molar refractivity (Wildman–Crippen MR) is 77.3 cm³/mol. The zero-order valence-corrected chi connectivity index (χ0v) is 11.8. The first-order valence-electron chi connectivity index (χ1n) is 7.10. The Balaban J connectivity index is 1.90. The van der Waals surface area contributed by atoms with E-state index in [-0.39, 0.29) is 6.04 Å². The molecule has 2 nitrogen and oxygen atoms in total. The van der Waals surface area contributed by atoms with E-state index in [1.54, 1.807) is 0 Å². The summed E-state index contributed by atoms with van der Waals surface area (Å²) < 4.78 is 0. The molecule has 0 spiro atoms. The van der Waals surface area contributed by atoms with Crippen molar-refractivity contribution in [3.63, 3.8) is 0 Å². The normalized spacial score (nSPS) is 28.2. The molecule has 0 bridgehead atoms. The molecule has 1 aromatic carbocycles. The van der Waals surface area contributed by atoms with Crippen LogP contribution in [0.4, 0.5) is 0 Å². The number of hydrogen-bond acceptors (Lipinski definition) is 2. The highest BCUT2D eigenvalue weighted by atomic mass is 15.2. The van der Waals surface area contributed by atoms with Gasteiger partial charge in [0.1, 0.15) is 0 Å². The summed E-state index contributed by atoms with van der Waals surface area (Å²) in [6.45, 7) is 10.6. The molecular weight excluding hydrogens is 220 g/mol. The van der Waals surface area contributed by atoms with Crippen molar-refractivity contribution in [2.75, 3.05) is 19.6 Å². The lowest BCUT2D eigenvalue weighted by atomic mass is 9.95. The summed E-state index contributed by atoms with van der Waals surface area (Å²) in [6, 6.07) is 10.6. The van der Waals surface area contributed by atoms with E-state index in [4.69, 9.17) is 5.73 Å². The molecule has 100 valence electrons. The number of rotatable bonds is 4. The van der Waals surface area contributed by atoms with Gasteiger partial charge < -0.3 is 10.6 Å². The van der Waals surface area contributed by atoms with Gasteiger partial charge in [0.05, 0.1) is 0 Å². The molecule has 2 N–H and O–H groups in total. The highest BCUT2D eigenvalue weighted by molar-refractivity contribution is 5.19. The topological polar surface area (TPSA) is 29.3 Å². The van der Waals surface area contributed by atoms with Crippen molar-refractivity contribution < 1.29 is 0 Å². The largest absolute Gasteiger partial charge is 0.324 e. The molecular formula is C16H26N2. The van der Waals surface area contributed by atoms with Crippen LogP contribution in [0.2, 0.25) is 0 Å². The van der Waals surface area contributed by atoms with Gasteiger partial charge in [0.25, 0.3) is 0 Å². The summed E-state index contributed by atoms with van der Waals surface area (Å²) in [7, 11) is 0. The Bertz CT molecular complexity index is 353. The van der Waals surface area contributed by atoms with Gasteiger partial charge in [-0.05, 0) is 23.3 Å². The molecule has 0 aromatic heterocycles. The van der Waals surface area contributed by atoms with E-state index < -0.39 is 0 Å². The molecule has 1 aromatic rings. The van der Waals surface area contributed by atoms with E-state index in [0.29, 0.717) is 5.92 Å². The van der Waals surface area contributed by atoms with E-state index in [0.717, 1.165) is 18.4 Å². The van der Waals surface area contributed by atoms with Crippen molar-refractivity contribution in [3.8, 4) is 0 Å². The molecule has 1 fully saturated rings. The van der Waals surface area contributed by atoms with Crippen molar-refractivity contribution in [1.29, 1.82) is 0 Å². The van der Waals surface area contributed by atoms with Crippen LogP contribution in [0.5, 0.6) is 0 Å². The second-order valence-corrected chi connectivity index (χ2v) is 6.09. The van der Waals surface area contributed by atoms with Crippen molar-refractivity contribution >= 4 is 0 Å². The Labute approximate surface area is 111 Å². The molecule has 1 aliphatic heterocycles. The second-order valence-electron chi connectivity index (χ2n) is 6.09. The zero-order chi connectivity index (χ0) is 13.1. The van der Waals surface area contributed by atoms with Crippen molar-refractivity contribution in [3.05, 3.63) is 35.9 Å². The maximum atomic E-state index is 6.36. The molecule has 0 saturated carbocycles. The minimum atomic E-state index is 0.150. The number of nitrogens with two attached hydrogens (primary N) is 1. The first-order valence-corrected chi connectivity index (χ1v) is 7.10. The highest BCUT2D eigenvalue weighted by Gasteiger charge is 2.28. The fraction of sp³-hybridized carbons (Fsp3) is 0.625. The Morgan fingerprint density at radius 1 is 1.17 bits per heavy atom. The first kappa shape index (κ1) is 13.6.